The van der Waals surface area contributed by atoms with Crippen LogP contribution in [0.3, 0.4) is 0 Å². The summed E-state index contributed by atoms with van der Waals surface area (Å²) < 4.78 is 16.2. The zero-order valence-electron chi connectivity index (χ0n) is 23.9. The summed E-state index contributed by atoms with van der Waals surface area (Å²) in [6.07, 6.45) is 0.713. The number of aliphatic imine (C=N–C) groups is 1. The van der Waals surface area contributed by atoms with E-state index in [1.54, 1.807) is 64.8 Å². The number of pyridine rings is 1. The number of benzene rings is 1. The topological polar surface area (TPSA) is 144 Å². The number of amides is 2. The molecular weight excluding hydrogens is 550 g/mol. The Bertz CT molecular complexity index is 1410. The predicted octanol–water partition coefficient (Wildman–Crippen LogP) is 6.13. The maximum atomic E-state index is 12.5. The molecule has 3 heterocycles. The minimum Gasteiger partial charge on any atom is -0.444 e. The summed E-state index contributed by atoms with van der Waals surface area (Å²) in [5.41, 5.74) is -0.0497. The van der Waals surface area contributed by atoms with Crippen LogP contribution >= 0.6 is 11.6 Å². The number of halogens is 1. The van der Waals surface area contributed by atoms with Gasteiger partial charge in [-0.2, -0.15) is 4.98 Å². The molecule has 2 amide bonds. The highest BCUT2D eigenvalue weighted by Crippen LogP contribution is 2.29. The molecule has 0 bridgehead atoms. The number of carbonyl (C=O) groups is 2. The van der Waals surface area contributed by atoms with Crippen LogP contribution in [0, 0.1) is 0 Å². The van der Waals surface area contributed by atoms with Crippen molar-refractivity contribution in [1.82, 2.24) is 25.3 Å². The van der Waals surface area contributed by atoms with Gasteiger partial charge in [-0.05, 0) is 72.2 Å². The Balaban J connectivity index is 1.44. The number of rotatable bonds is 4. The molecule has 0 spiro atoms. The normalized spacial score (nSPS) is 15.9. The van der Waals surface area contributed by atoms with Crippen molar-refractivity contribution in [2.45, 2.75) is 65.1 Å². The number of likely N-dealkylation sites (tertiary alicyclic amines) is 1. The number of nitrogens with one attached hydrogen (secondary N) is 2. The van der Waals surface area contributed by atoms with E-state index in [2.05, 4.69) is 30.8 Å². The fourth-order valence-corrected chi connectivity index (χ4v) is 4.10. The lowest BCUT2D eigenvalue weighted by atomic mass is 10.1. The first-order valence-corrected chi connectivity index (χ1v) is 13.5. The van der Waals surface area contributed by atoms with Gasteiger partial charge in [0.2, 0.25) is 17.7 Å². The summed E-state index contributed by atoms with van der Waals surface area (Å²) in [6, 6.07) is 11.0. The van der Waals surface area contributed by atoms with Crippen molar-refractivity contribution in [2.75, 3.05) is 18.4 Å². The molecule has 218 valence electrons. The lowest BCUT2D eigenvalue weighted by Crippen LogP contribution is -2.45. The van der Waals surface area contributed by atoms with E-state index >= 15 is 0 Å². The van der Waals surface area contributed by atoms with E-state index in [1.165, 1.54) is 0 Å². The van der Waals surface area contributed by atoms with E-state index < -0.39 is 23.4 Å². The van der Waals surface area contributed by atoms with Gasteiger partial charge in [0.1, 0.15) is 17.0 Å². The first kappa shape index (κ1) is 29.8. The Morgan fingerprint density at radius 3 is 2.46 bits per heavy atom. The Labute approximate surface area is 243 Å². The largest absolute Gasteiger partial charge is 0.444 e. The van der Waals surface area contributed by atoms with Gasteiger partial charge in [-0.1, -0.05) is 28.9 Å². The third kappa shape index (κ3) is 8.65. The number of nitrogens with zero attached hydrogens (tertiary/aromatic N) is 5. The van der Waals surface area contributed by atoms with Gasteiger partial charge in [-0.25, -0.2) is 14.6 Å². The van der Waals surface area contributed by atoms with E-state index in [-0.39, 0.29) is 11.9 Å². The van der Waals surface area contributed by atoms with Gasteiger partial charge in [-0.3, -0.25) is 5.32 Å². The quantitative estimate of drug-likeness (QED) is 0.271. The number of aromatic nitrogens is 3. The molecule has 1 aliphatic rings. The fourth-order valence-electron chi connectivity index (χ4n) is 3.92. The van der Waals surface area contributed by atoms with Crippen molar-refractivity contribution in [2.24, 2.45) is 4.99 Å². The Hall–Kier alpha value is -4.19. The molecular formula is C28H34ClN7O5. The fraction of sp³-hybridized carbons (Fsp3) is 0.429. The molecule has 12 nitrogen and oxygen atoms in total. The number of para-hydroxylation sites is 1. The Morgan fingerprint density at radius 2 is 1.80 bits per heavy atom. The molecule has 1 aromatic carbocycles. The van der Waals surface area contributed by atoms with E-state index in [4.69, 9.17) is 25.6 Å². The van der Waals surface area contributed by atoms with Gasteiger partial charge in [0, 0.05) is 24.8 Å². The van der Waals surface area contributed by atoms with Crippen molar-refractivity contribution >= 4 is 41.3 Å². The summed E-state index contributed by atoms with van der Waals surface area (Å²) >= 11 is 6.21. The van der Waals surface area contributed by atoms with Gasteiger partial charge >= 0.3 is 12.2 Å². The van der Waals surface area contributed by atoms with E-state index in [0.29, 0.717) is 47.6 Å². The lowest BCUT2D eigenvalue weighted by molar-refractivity contribution is 0.0555. The molecule has 3 aromatic rings. The van der Waals surface area contributed by atoms with Crippen LogP contribution in [0.2, 0.25) is 5.02 Å². The maximum absolute atomic E-state index is 12.5. The van der Waals surface area contributed by atoms with Gasteiger partial charge in [0.05, 0.1) is 16.6 Å². The third-order valence-corrected chi connectivity index (χ3v) is 5.97. The molecule has 0 unspecified atom stereocenters. The van der Waals surface area contributed by atoms with Crippen LogP contribution < -0.4 is 10.6 Å². The average molecular weight is 584 g/mol. The van der Waals surface area contributed by atoms with Gasteiger partial charge < -0.3 is 24.2 Å². The van der Waals surface area contributed by atoms with Crippen LogP contribution in [0.25, 0.3) is 11.4 Å². The monoisotopic (exact) mass is 583 g/mol. The maximum Gasteiger partial charge on any atom is 0.437 e. The highest BCUT2D eigenvalue weighted by Gasteiger charge is 2.32. The van der Waals surface area contributed by atoms with Crippen LogP contribution in [-0.4, -0.2) is 62.5 Å². The van der Waals surface area contributed by atoms with Crippen molar-refractivity contribution in [3.8, 4) is 11.4 Å². The van der Waals surface area contributed by atoms with Crippen molar-refractivity contribution in [3.05, 3.63) is 53.5 Å². The van der Waals surface area contributed by atoms with Crippen LogP contribution in [0.5, 0.6) is 0 Å². The standard InChI is InChI=1S/C28H34ClN7O5/c1-27(2,3)39-25(37)33-24(34-26(38)40-28(4,5)6)36-14-13-18(16-36)23-32-22(35-41-23)17-11-12-21(30-15-17)31-20-10-8-7-9-19(20)29/h7-12,15,18H,13-14,16H2,1-6H3,(H,30,31)(H,33,34,37,38)/t18-/m1/s1. The molecule has 41 heavy (non-hydrogen) atoms. The van der Waals surface area contributed by atoms with Crippen molar-refractivity contribution in [1.29, 1.82) is 0 Å². The van der Waals surface area contributed by atoms with E-state index in [9.17, 15) is 9.59 Å². The number of ether oxygens (including phenoxy) is 2. The van der Waals surface area contributed by atoms with Crippen LogP contribution in [0.15, 0.2) is 52.1 Å². The second-order valence-electron chi connectivity index (χ2n) is 11.5. The number of hydrogen-bond donors (Lipinski definition) is 2. The summed E-state index contributed by atoms with van der Waals surface area (Å²) in [7, 11) is 0. The average Bonchev–Trinajstić information content (AvgIpc) is 3.53. The zero-order chi connectivity index (χ0) is 29.8. The molecule has 1 atom stereocenters. The molecule has 13 heteroatoms. The van der Waals surface area contributed by atoms with Gasteiger partial charge in [0.25, 0.3) is 0 Å². The summed E-state index contributed by atoms with van der Waals surface area (Å²) in [4.78, 5) is 39.7. The molecule has 0 radical (unpaired) electrons. The van der Waals surface area contributed by atoms with Gasteiger partial charge in [0.15, 0.2) is 0 Å². The Kier molecular flexibility index (Phi) is 8.81. The van der Waals surface area contributed by atoms with E-state index in [0.717, 1.165) is 5.69 Å². The molecule has 1 saturated heterocycles. The second kappa shape index (κ2) is 12.1. The predicted molar refractivity (Wildman–Crippen MR) is 154 cm³/mol. The number of hydrogen-bond acceptors (Lipinski definition) is 9. The number of alkyl carbamates (subject to hydrolysis) is 1. The summed E-state index contributed by atoms with van der Waals surface area (Å²) in [6.45, 7) is 11.3. The summed E-state index contributed by atoms with van der Waals surface area (Å²) in [5, 5.41) is 10.5. The van der Waals surface area contributed by atoms with Gasteiger partial charge in [-0.15, -0.1) is 4.99 Å². The summed E-state index contributed by atoms with van der Waals surface area (Å²) in [5.74, 6) is 1.31. The van der Waals surface area contributed by atoms with E-state index in [1.807, 2.05) is 24.3 Å². The van der Waals surface area contributed by atoms with Crippen LogP contribution in [-0.2, 0) is 9.47 Å². The molecule has 2 N–H and O–H groups in total. The minimum atomic E-state index is -0.827. The molecule has 4 rings (SSSR count). The zero-order valence-corrected chi connectivity index (χ0v) is 24.7. The molecule has 1 aliphatic heterocycles. The van der Waals surface area contributed by atoms with Crippen LogP contribution in [0.4, 0.5) is 21.1 Å². The highest BCUT2D eigenvalue weighted by molar-refractivity contribution is 6.33. The van der Waals surface area contributed by atoms with Crippen molar-refractivity contribution in [3.63, 3.8) is 0 Å². The molecule has 0 saturated carbocycles. The number of carbonyl (C=O) groups excluding carboxylic acids is 2. The second-order valence-corrected chi connectivity index (χ2v) is 11.9. The highest BCUT2D eigenvalue weighted by atomic mass is 35.5. The molecule has 2 aromatic heterocycles. The number of anilines is 2. The lowest BCUT2D eigenvalue weighted by Gasteiger charge is -2.24. The first-order chi connectivity index (χ1) is 19.3. The Morgan fingerprint density at radius 1 is 1.07 bits per heavy atom. The first-order valence-electron chi connectivity index (χ1n) is 13.1. The van der Waals surface area contributed by atoms with Crippen molar-refractivity contribution < 1.29 is 23.6 Å². The molecule has 1 fully saturated rings. The smallest absolute Gasteiger partial charge is 0.437 e. The minimum absolute atomic E-state index is 0.0292. The third-order valence-electron chi connectivity index (χ3n) is 5.64. The molecule has 0 aliphatic carbocycles. The van der Waals surface area contributed by atoms with Crippen LogP contribution in [0.1, 0.15) is 59.8 Å². The SMILES string of the molecule is CC(C)(C)OC(=O)N=C(NC(=O)OC(C)(C)C)N1CC[C@@H](c2nc(-c3ccc(Nc4ccccc4Cl)nc3)no2)C1. The number of guanidine groups is 1.